The minimum absolute atomic E-state index is 1.21. The molecule has 3 rings (SSSR count). The van der Waals surface area contributed by atoms with E-state index in [0.717, 1.165) is 0 Å². The summed E-state index contributed by atoms with van der Waals surface area (Å²) in [6, 6.07) is 25.5. The molecule has 0 saturated carbocycles. The summed E-state index contributed by atoms with van der Waals surface area (Å²) >= 11 is 0. The van der Waals surface area contributed by atoms with Crippen LogP contribution in [0.25, 0.3) is 24.3 Å². The maximum atomic E-state index is 2.17. The highest BCUT2D eigenvalue weighted by Crippen LogP contribution is 2.15. The Hall–Kier alpha value is -2.86. The van der Waals surface area contributed by atoms with Gasteiger partial charge in [0.25, 0.3) is 0 Å². The van der Waals surface area contributed by atoms with Crippen molar-refractivity contribution >= 4 is 24.3 Å². The summed E-state index contributed by atoms with van der Waals surface area (Å²) in [6.45, 7) is 4.28. The average Bonchev–Trinajstić information content (AvgIpc) is 2.61. The largest absolute Gasteiger partial charge is 0.0620 e. The topological polar surface area (TPSA) is 0 Å². The third kappa shape index (κ3) is 4.11. The highest BCUT2D eigenvalue weighted by molar-refractivity contribution is 5.74. The Kier molecular flexibility index (Phi) is 5.08. The fourth-order valence-electron chi connectivity index (χ4n) is 2.64. The van der Waals surface area contributed by atoms with Gasteiger partial charge in [-0.25, -0.2) is 0 Å². The van der Waals surface area contributed by atoms with Gasteiger partial charge in [0.2, 0.25) is 0 Å². The first-order valence-electron chi connectivity index (χ1n) is 8.30. The molecule has 0 amide bonds. The Morgan fingerprint density at radius 3 is 1.21 bits per heavy atom. The van der Waals surface area contributed by atoms with Gasteiger partial charge in [0.1, 0.15) is 0 Å². The van der Waals surface area contributed by atoms with Gasteiger partial charge >= 0.3 is 0 Å². The van der Waals surface area contributed by atoms with Crippen molar-refractivity contribution in [2.45, 2.75) is 13.8 Å². The summed E-state index contributed by atoms with van der Waals surface area (Å²) in [5.74, 6) is 0. The van der Waals surface area contributed by atoms with Crippen LogP contribution in [-0.4, -0.2) is 0 Å². The lowest BCUT2D eigenvalue weighted by Crippen LogP contribution is -1.80. The van der Waals surface area contributed by atoms with E-state index >= 15 is 0 Å². The van der Waals surface area contributed by atoms with Crippen molar-refractivity contribution in [3.05, 3.63) is 106 Å². The van der Waals surface area contributed by atoms with Crippen LogP contribution in [0.5, 0.6) is 0 Å². The smallest absolute Gasteiger partial charge is 0.0227 e. The molecule has 0 N–H and O–H groups in total. The van der Waals surface area contributed by atoms with Gasteiger partial charge < -0.3 is 0 Å². The Morgan fingerprint density at radius 2 is 0.833 bits per heavy atom. The van der Waals surface area contributed by atoms with E-state index in [4.69, 9.17) is 0 Å². The van der Waals surface area contributed by atoms with Crippen LogP contribution in [0.1, 0.15) is 33.4 Å². The molecule has 0 radical (unpaired) electrons. The molecule has 0 aliphatic carbocycles. The fraction of sp³-hybridized carbons (Fsp3) is 0.0833. The zero-order chi connectivity index (χ0) is 16.8. The van der Waals surface area contributed by atoms with Crippen molar-refractivity contribution in [1.82, 2.24) is 0 Å². The molecular formula is C24H22. The SMILES string of the molecule is Cc1ccccc1C=Cc1ccc(/C=C/c2ccccc2C)cc1. The first-order chi connectivity index (χ1) is 11.7. The van der Waals surface area contributed by atoms with Crippen molar-refractivity contribution in [3.8, 4) is 0 Å². The number of aryl methyl sites for hydroxylation is 2. The summed E-state index contributed by atoms with van der Waals surface area (Å²) in [5.41, 5.74) is 7.55. The summed E-state index contributed by atoms with van der Waals surface area (Å²) in [4.78, 5) is 0. The van der Waals surface area contributed by atoms with Crippen LogP contribution in [0.3, 0.4) is 0 Å². The molecule has 0 spiro atoms. The lowest BCUT2D eigenvalue weighted by molar-refractivity contribution is 1.44. The normalized spacial score (nSPS) is 11.4. The maximum Gasteiger partial charge on any atom is -0.0227 e. The van der Waals surface area contributed by atoms with Gasteiger partial charge in [0.05, 0.1) is 0 Å². The molecule has 118 valence electrons. The second kappa shape index (κ2) is 7.61. The van der Waals surface area contributed by atoms with Crippen LogP contribution >= 0.6 is 0 Å². The molecular weight excluding hydrogens is 288 g/mol. The molecule has 0 heteroatoms. The predicted octanol–water partition coefficient (Wildman–Crippen LogP) is 6.64. The molecule has 0 heterocycles. The average molecular weight is 310 g/mol. The van der Waals surface area contributed by atoms with E-state index in [9.17, 15) is 0 Å². The standard InChI is InChI=1S/C24H22/c1-19-7-3-5-9-23(19)17-15-21-11-13-22(14-12-21)16-18-24-10-6-4-8-20(24)2/h3-18H,1-2H3/b17-15+,18-16?. The molecule has 0 atom stereocenters. The van der Waals surface area contributed by atoms with Crippen LogP contribution < -0.4 is 0 Å². The minimum Gasteiger partial charge on any atom is -0.0620 e. The lowest BCUT2D eigenvalue weighted by Gasteiger charge is -2.00. The van der Waals surface area contributed by atoms with Crippen molar-refractivity contribution in [2.75, 3.05) is 0 Å². The predicted molar refractivity (Wildman–Crippen MR) is 107 cm³/mol. The van der Waals surface area contributed by atoms with E-state index in [1.165, 1.54) is 33.4 Å². The first-order valence-corrected chi connectivity index (χ1v) is 8.30. The molecule has 3 aromatic carbocycles. The zero-order valence-corrected chi connectivity index (χ0v) is 14.2. The molecule has 0 aliphatic heterocycles. The van der Waals surface area contributed by atoms with E-state index in [2.05, 4.69) is 111 Å². The van der Waals surface area contributed by atoms with Crippen molar-refractivity contribution in [2.24, 2.45) is 0 Å². The lowest BCUT2D eigenvalue weighted by atomic mass is 10.0. The van der Waals surface area contributed by atoms with Crippen LogP contribution in [0, 0.1) is 13.8 Å². The van der Waals surface area contributed by atoms with E-state index in [-0.39, 0.29) is 0 Å². The minimum atomic E-state index is 1.21. The molecule has 3 aromatic rings. The number of rotatable bonds is 4. The van der Waals surface area contributed by atoms with Crippen LogP contribution in [0.4, 0.5) is 0 Å². The van der Waals surface area contributed by atoms with Crippen molar-refractivity contribution in [3.63, 3.8) is 0 Å². The Labute approximate surface area is 144 Å². The molecule has 0 bridgehead atoms. The van der Waals surface area contributed by atoms with Crippen LogP contribution in [0.15, 0.2) is 72.8 Å². The summed E-state index contributed by atoms with van der Waals surface area (Å²) < 4.78 is 0. The molecule has 0 saturated heterocycles. The van der Waals surface area contributed by atoms with Gasteiger partial charge in [0.15, 0.2) is 0 Å². The van der Waals surface area contributed by atoms with Crippen LogP contribution in [-0.2, 0) is 0 Å². The van der Waals surface area contributed by atoms with Gasteiger partial charge in [-0.15, -0.1) is 0 Å². The number of benzene rings is 3. The number of hydrogen-bond donors (Lipinski definition) is 0. The third-order valence-electron chi connectivity index (χ3n) is 4.22. The van der Waals surface area contributed by atoms with Gasteiger partial charge in [-0.2, -0.15) is 0 Å². The number of hydrogen-bond acceptors (Lipinski definition) is 0. The quantitative estimate of drug-likeness (QED) is 0.473. The Balaban J connectivity index is 1.72. The van der Waals surface area contributed by atoms with E-state index in [1.807, 2.05) is 0 Å². The van der Waals surface area contributed by atoms with E-state index < -0.39 is 0 Å². The molecule has 0 nitrogen and oxygen atoms in total. The Morgan fingerprint density at radius 1 is 0.458 bits per heavy atom. The third-order valence-corrected chi connectivity index (χ3v) is 4.22. The van der Waals surface area contributed by atoms with E-state index in [1.54, 1.807) is 0 Å². The molecule has 0 aromatic heterocycles. The molecule has 0 fully saturated rings. The second-order valence-corrected chi connectivity index (χ2v) is 6.05. The van der Waals surface area contributed by atoms with Gasteiger partial charge in [0, 0.05) is 0 Å². The summed E-state index contributed by atoms with van der Waals surface area (Å²) in [7, 11) is 0. The maximum absolute atomic E-state index is 2.17. The van der Waals surface area contributed by atoms with Crippen LogP contribution in [0.2, 0.25) is 0 Å². The first kappa shape index (κ1) is 16.0. The molecule has 0 aliphatic rings. The Bertz CT molecular complexity index is 790. The van der Waals surface area contributed by atoms with Gasteiger partial charge in [-0.3, -0.25) is 0 Å². The highest BCUT2D eigenvalue weighted by atomic mass is 14.0. The summed E-state index contributed by atoms with van der Waals surface area (Å²) in [5, 5.41) is 0. The van der Waals surface area contributed by atoms with Gasteiger partial charge in [-0.1, -0.05) is 97.1 Å². The highest BCUT2D eigenvalue weighted by Gasteiger charge is 1.94. The monoisotopic (exact) mass is 310 g/mol. The summed E-state index contributed by atoms with van der Waals surface area (Å²) in [6.07, 6.45) is 8.68. The molecule has 24 heavy (non-hydrogen) atoms. The zero-order valence-electron chi connectivity index (χ0n) is 14.2. The molecule has 0 unspecified atom stereocenters. The second-order valence-electron chi connectivity index (χ2n) is 6.05. The van der Waals surface area contributed by atoms with E-state index in [0.29, 0.717) is 0 Å². The van der Waals surface area contributed by atoms with Crippen molar-refractivity contribution in [1.29, 1.82) is 0 Å². The van der Waals surface area contributed by atoms with Crippen molar-refractivity contribution < 1.29 is 0 Å². The van der Waals surface area contributed by atoms with Gasteiger partial charge in [-0.05, 0) is 47.2 Å². The fourth-order valence-corrected chi connectivity index (χ4v) is 2.64.